The first-order valence-corrected chi connectivity index (χ1v) is 8.95. The van der Waals surface area contributed by atoms with E-state index in [1.54, 1.807) is 18.2 Å². The Morgan fingerprint density at radius 2 is 1.90 bits per heavy atom. The molecule has 0 radical (unpaired) electrons. The van der Waals surface area contributed by atoms with Crippen molar-refractivity contribution >= 4 is 48.7 Å². The Morgan fingerprint density at radius 1 is 1.25 bits per heavy atom. The predicted octanol–water partition coefficient (Wildman–Crippen LogP) is 3.69. The maximum atomic E-state index is 12.4. The maximum Gasteiger partial charge on any atom is 0.271 e. The van der Waals surface area contributed by atoms with Crippen molar-refractivity contribution < 1.29 is 8.42 Å². The molecule has 108 valence electrons. The first-order valence-electron chi connectivity index (χ1n) is 5.86. The lowest BCUT2D eigenvalue weighted by atomic mass is 10.2. The predicted molar refractivity (Wildman–Crippen MR) is 88.3 cm³/mol. The van der Waals surface area contributed by atoms with Crippen molar-refractivity contribution in [1.29, 1.82) is 0 Å². The SMILES string of the molecule is Cc1cc(S(=O)(=O)Nc2ccccc2N(C)C)sc1Br. The Hall–Kier alpha value is -1.05. The highest BCUT2D eigenvalue weighted by Crippen LogP contribution is 2.33. The molecule has 20 heavy (non-hydrogen) atoms. The Morgan fingerprint density at radius 3 is 2.45 bits per heavy atom. The molecule has 0 aliphatic carbocycles. The number of nitrogens with zero attached hydrogens (tertiary/aromatic N) is 1. The molecule has 0 aliphatic rings. The molecule has 2 aromatic rings. The van der Waals surface area contributed by atoms with Crippen LogP contribution >= 0.6 is 27.3 Å². The van der Waals surface area contributed by atoms with Crippen LogP contribution in [0.25, 0.3) is 0 Å². The number of rotatable bonds is 4. The standard InChI is InChI=1S/C13H15BrN2O2S2/c1-9-8-12(19-13(9)14)20(17,18)15-10-6-4-5-7-11(10)16(2)3/h4-8,15H,1-3H3. The van der Waals surface area contributed by atoms with Crippen LogP contribution in [-0.2, 0) is 10.0 Å². The number of hydrogen-bond acceptors (Lipinski definition) is 4. The molecule has 0 saturated heterocycles. The summed E-state index contributed by atoms with van der Waals surface area (Å²) in [5.74, 6) is 0. The lowest BCUT2D eigenvalue weighted by Gasteiger charge is -2.17. The zero-order valence-electron chi connectivity index (χ0n) is 11.3. The van der Waals surface area contributed by atoms with E-state index >= 15 is 0 Å². The van der Waals surface area contributed by atoms with Crippen LogP contribution in [0, 0.1) is 6.92 Å². The average Bonchev–Trinajstić information content (AvgIpc) is 2.70. The van der Waals surface area contributed by atoms with Crippen molar-refractivity contribution in [1.82, 2.24) is 0 Å². The van der Waals surface area contributed by atoms with Crippen molar-refractivity contribution in [2.75, 3.05) is 23.7 Å². The summed E-state index contributed by atoms with van der Waals surface area (Å²) in [4.78, 5) is 1.87. The lowest BCUT2D eigenvalue weighted by Crippen LogP contribution is -2.16. The van der Waals surface area contributed by atoms with Crippen molar-refractivity contribution in [2.45, 2.75) is 11.1 Å². The van der Waals surface area contributed by atoms with Gasteiger partial charge >= 0.3 is 0 Å². The van der Waals surface area contributed by atoms with Gasteiger partial charge in [0, 0.05) is 14.1 Å². The van der Waals surface area contributed by atoms with Crippen molar-refractivity contribution in [3.05, 3.63) is 39.7 Å². The van der Waals surface area contributed by atoms with Crippen LogP contribution in [0.3, 0.4) is 0 Å². The molecule has 1 N–H and O–H groups in total. The van der Waals surface area contributed by atoms with E-state index in [0.29, 0.717) is 9.90 Å². The number of nitrogens with one attached hydrogen (secondary N) is 1. The summed E-state index contributed by atoms with van der Waals surface area (Å²) in [5.41, 5.74) is 2.30. The molecule has 0 bridgehead atoms. The van der Waals surface area contributed by atoms with E-state index in [1.807, 2.05) is 38.1 Å². The number of para-hydroxylation sites is 2. The first-order chi connectivity index (χ1) is 9.31. The smallest absolute Gasteiger partial charge is 0.271 e. The summed E-state index contributed by atoms with van der Waals surface area (Å²) in [6.45, 7) is 1.87. The number of benzene rings is 1. The molecule has 0 fully saturated rings. The van der Waals surface area contributed by atoms with Gasteiger partial charge in [-0.25, -0.2) is 8.42 Å². The van der Waals surface area contributed by atoms with Crippen molar-refractivity contribution in [2.24, 2.45) is 0 Å². The van der Waals surface area contributed by atoms with E-state index in [9.17, 15) is 8.42 Å². The molecule has 1 aromatic carbocycles. The topological polar surface area (TPSA) is 49.4 Å². The molecule has 0 aliphatic heterocycles. The summed E-state index contributed by atoms with van der Waals surface area (Å²) in [7, 11) is 0.189. The van der Waals surface area contributed by atoms with Crippen molar-refractivity contribution in [3.8, 4) is 0 Å². The highest BCUT2D eigenvalue weighted by molar-refractivity contribution is 9.11. The van der Waals surface area contributed by atoms with Crippen LogP contribution in [-0.4, -0.2) is 22.5 Å². The lowest BCUT2D eigenvalue weighted by molar-refractivity contribution is 0.603. The largest absolute Gasteiger partial charge is 0.376 e. The third-order valence-corrected chi connectivity index (χ3v) is 6.71. The van der Waals surface area contributed by atoms with Gasteiger partial charge in [-0.15, -0.1) is 11.3 Å². The Balaban J connectivity index is 2.38. The number of thiophene rings is 1. The monoisotopic (exact) mass is 374 g/mol. The van der Waals surface area contributed by atoms with Gasteiger partial charge in [0.05, 0.1) is 15.2 Å². The van der Waals surface area contributed by atoms with Crippen molar-refractivity contribution in [3.63, 3.8) is 0 Å². The van der Waals surface area contributed by atoms with Crippen LogP contribution in [0.15, 0.2) is 38.3 Å². The molecular formula is C13H15BrN2O2S2. The molecule has 4 nitrogen and oxygen atoms in total. The summed E-state index contributed by atoms with van der Waals surface area (Å²) < 4.78 is 28.6. The number of hydrogen-bond donors (Lipinski definition) is 1. The Bertz CT molecular complexity index is 704. The maximum absolute atomic E-state index is 12.4. The molecule has 0 amide bonds. The van der Waals surface area contributed by atoms with Gasteiger partial charge in [0.2, 0.25) is 0 Å². The van der Waals surface area contributed by atoms with E-state index in [1.165, 1.54) is 11.3 Å². The fourth-order valence-corrected chi connectivity index (χ4v) is 5.01. The van der Waals surface area contributed by atoms with Gasteiger partial charge in [-0.3, -0.25) is 4.72 Å². The van der Waals surface area contributed by atoms with Gasteiger partial charge in [-0.05, 0) is 46.6 Å². The first kappa shape index (κ1) is 15.3. The van der Waals surface area contributed by atoms with E-state index in [-0.39, 0.29) is 0 Å². The normalized spacial score (nSPS) is 11.4. The zero-order valence-corrected chi connectivity index (χ0v) is 14.6. The van der Waals surface area contributed by atoms with E-state index in [4.69, 9.17) is 0 Å². The highest BCUT2D eigenvalue weighted by Gasteiger charge is 2.19. The number of aryl methyl sites for hydroxylation is 1. The molecule has 0 spiro atoms. The van der Waals surface area contributed by atoms with Gasteiger partial charge in [0.1, 0.15) is 4.21 Å². The summed E-state index contributed by atoms with van der Waals surface area (Å²) >= 11 is 4.56. The van der Waals surface area contributed by atoms with E-state index in [2.05, 4.69) is 20.7 Å². The van der Waals surface area contributed by atoms with Gasteiger partial charge in [-0.2, -0.15) is 0 Å². The number of halogens is 1. The van der Waals surface area contributed by atoms with Gasteiger partial charge in [-0.1, -0.05) is 12.1 Å². The zero-order chi connectivity index (χ0) is 14.9. The molecular weight excluding hydrogens is 360 g/mol. The minimum absolute atomic E-state index is 0.301. The second kappa shape index (κ2) is 5.75. The molecule has 0 atom stereocenters. The molecule has 2 rings (SSSR count). The van der Waals surface area contributed by atoms with Gasteiger partial charge in [0.25, 0.3) is 10.0 Å². The van der Waals surface area contributed by atoms with E-state index < -0.39 is 10.0 Å². The van der Waals surface area contributed by atoms with Crippen LogP contribution in [0.4, 0.5) is 11.4 Å². The second-order valence-corrected chi connectivity index (χ2v) is 8.82. The third kappa shape index (κ3) is 3.16. The Kier molecular flexibility index (Phi) is 4.41. The fourth-order valence-electron chi connectivity index (χ4n) is 1.71. The minimum atomic E-state index is -3.56. The quantitative estimate of drug-likeness (QED) is 0.887. The molecule has 1 aromatic heterocycles. The van der Waals surface area contributed by atoms with Crippen LogP contribution < -0.4 is 9.62 Å². The fraction of sp³-hybridized carbons (Fsp3) is 0.231. The summed E-state index contributed by atoms with van der Waals surface area (Å²) in [6.07, 6.45) is 0. The molecule has 1 heterocycles. The van der Waals surface area contributed by atoms with Gasteiger partial charge < -0.3 is 4.90 Å². The molecule has 0 unspecified atom stereocenters. The van der Waals surface area contributed by atoms with Crippen LogP contribution in [0.1, 0.15) is 5.56 Å². The second-order valence-electron chi connectivity index (χ2n) is 4.54. The number of anilines is 2. The van der Waals surface area contributed by atoms with Crippen LogP contribution in [0.2, 0.25) is 0 Å². The number of sulfonamides is 1. The third-order valence-electron chi connectivity index (χ3n) is 2.73. The van der Waals surface area contributed by atoms with Crippen LogP contribution in [0.5, 0.6) is 0 Å². The summed E-state index contributed by atoms with van der Waals surface area (Å²) in [6, 6.07) is 8.96. The average molecular weight is 375 g/mol. The summed E-state index contributed by atoms with van der Waals surface area (Å²) in [5, 5.41) is 0. The Labute approximate surface area is 131 Å². The molecule has 7 heteroatoms. The minimum Gasteiger partial charge on any atom is -0.376 e. The van der Waals surface area contributed by atoms with E-state index in [0.717, 1.165) is 15.0 Å². The highest BCUT2D eigenvalue weighted by atomic mass is 79.9. The van der Waals surface area contributed by atoms with Gasteiger partial charge in [0.15, 0.2) is 0 Å². The molecule has 0 saturated carbocycles.